The van der Waals surface area contributed by atoms with E-state index in [2.05, 4.69) is 58.3 Å². The molecule has 0 unspecified atom stereocenters. The quantitative estimate of drug-likeness (QED) is 0.112. The number of ether oxygens (including phenoxy) is 1. The van der Waals surface area contributed by atoms with Gasteiger partial charge in [-0.3, -0.25) is 0 Å². The minimum Gasteiger partial charge on any atom is -0.462 e. The van der Waals surface area contributed by atoms with Crippen LogP contribution in [0.2, 0.25) is 0 Å². The molecule has 0 aliphatic carbocycles. The first-order valence-electron chi connectivity index (χ1n) is 12.1. The molecule has 0 atom stereocenters. The summed E-state index contributed by atoms with van der Waals surface area (Å²) < 4.78 is 7.32. The zero-order chi connectivity index (χ0) is 25.3. The number of carbonyl (C=O) groups excluding carboxylic acids is 1. The summed E-state index contributed by atoms with van der Waals surface area (Å²) in [6, 6.07) is 19.4. The summed E-state index contributed by atoms with van der Waals surface area (Å²) in [6.07, 6.45) is 1.88. The van der Waals surface area contributed by atoms with Crippen LogP contribution in [0.4, 0.5) is 27.8 Å². The molecule has 0 amide bonds. The standard InChI is InChI=1S/C27H29N5O2S2/c1-4-7-16-34-27(33)25-17-23-24(35-25)18-26(36-23)31-30-20-10-8-19(9-11-20)28-29-21-12-14-22(15-13-21)32(5-2)6-3/h8-15,17-18H,4-7,16H2,1-3H3. The Morgan fingerprint density at radius 2 is 1.33 bits per heavy atom. The highest BCUT2D eigenvalue weighted by Crippen LogP contribution is 2.38. The van der Waals surface area contributed by atoms with Gasteiger partial charge in [0.25, 0.3) is 0 Å². The number of esters is 1. The fourth-order valence-corrected chi connectivity index (χ4v) is 5.59. The van der Waals surface area contributed by atoms with Crippen LogP contribution in [-0.4, -0.2) is 25.7 Å². The molecule has 36 heavy (non-hydrogen) atoms. The van der Waals surface area contributed by atoms with E-state index in [0.29, 0.717) is 11.5 Å². The van der Waals surface area contributed by atoms with Gasteiger partial charge in [0.1, 0.15) is 9.88 Å². The maximum Gasteiger partial charge on any atom is 0.348 e. The number of hydrogen-bond donors (Lipinski definition) is 0. The van der Waals surface area contributed by atoms with Crippen LogP contribution >= 0.6 is 22.7 Å². The first kappa shape index (κ1) is 25.7. The molecule has 4 rings (SSSR count). The van der Waals surface area contributed by atoms with Crippen molar-refractivity contribution in [3.8, 4) is 0 Å². The summed E-state index contributed by atoms with van der Waals surface area (Å²) in [5, 5.41) is 18.1. The average Bonchev–Trinajstić information content (AvgIpc) is 3.48. The van der Waals surface area contributed by atoms with Crippen molar-refractivity contribution in [2.45, 2.75) is 33.6 Å². The second kappa shape index (κ2) is 12.5. The summed E-state index contributed by atoms with van der Waals surface area (Å²) in [5.74, 6) is -0.256. The molecule has 2 heterocycles. The van der Waals surface area contributed by atoms with Gasteiger partial charge in [0.2, 0.25) is 0 Å². The van der Waals surface area contributed by atoms with Crippen molar-refractivity contribution in [1.29, 1.82) is 0 Å². The first-order chi connectivity index (χ1) is 17.6. The lowest BCUT2D eigenvalue weighted by molar-refractivity contribution is 0.0505. The number of anilines is 1. The highest BCUT2D eigenvalue weighted by Gasteiger charge is 2.14. The molecule has 0 saturated carbocycles. The molecular weight excluding hydrogens is 490 g/mol. The zero-order valence-electron chi connectivity index (χ0n) is 20.7. The fraction of sp³-hybridized carbons (Fsp3) is 0.296. The van der Waals surface area contributed by atoms with Gasteiger partial charge in [-0.2, -0.15) is 10.2 Å². The van der Waals surface area contributed by atoms with E-state index in [1.54, 1.807) is 0 Å². The lowest BCUT2D eigenvalue weighted by Gasteiger charge is -2.20. The molecule has 0 aliphatic heterocycles. The summed E-state index contributed by atoms with van der Waals surface area (Å²) in [7, 11) is 0. The molecule has 9 heteroatoms. The van der Waals surface area contributed by atoms with Crippen LogP contribution in [0, 0.1) is 0 Å². The Hall–Kier alpha value is -3.43. The number of carbonyl (C=O) groups is 1. The minimum atomic E-state index is -0.256. The van der Waals surface area contributed by atoms with Gasteiger partial charge in [-0.25, -0.2) is 4.79 Å². The Kier molecular flexibility index (Phi) is 8.91. The maximum absolute atomic E-state index is 12.1. The van der Waals surface area contributed by atoms with Crippen LogP contribution in [0.3, 0.4) is 0 Å². The molecule has 0 saturated heterocycles. The molecule has 7 nitrogen and oxygen atoms in total. The molecule has 0 radical (unpaired) electrons. The Labute approximate surface area is 219 Å². The van der Waals surface area contributed by atoms with E-state index in [1.807, 2.05) is 48.5 Å². The van der Waals surface area contributed by atoms with E-state index >= 15 is 0 Å². The van der Waals surface area contributed by atoms with Crippen molar-refractivity contribution in [3.05, 3.63) is 65.5 Å². The summed E-state index contributed by atoms with van der Waals surface area (Å²) in [5.41, 5.74) is 3.47. The highest BCUT2D eigenvalue weighted by molar-refractivity contribution is 7.30. The third kappa shape index (κ3) is 6.61. The molecule has 186 valence electrons. The molecule has 0 aliphatic rings. The maximum atomic E-state index is 12.1. The predicted octanol–water partition coefficient (Wildman–Crippen LogP) is 9.60. The number of thiophene rings is 2. The fourth-order valence-electron chi connectivity index (χ4n) is 3.48. The number of fused-ring (bicyclic) bond motifs is 1. The average molecular weight is 520 g/mol. The number of unbranched alkanes of at least 4 members (excludes halogenated alkanes) is 1. The molecule has 2 aromatic carbocycles. The van der Waals surface area contributed by atoms with Gasteiger partial charge in [-0.1, -0.05) is 13.3 Å². The van der Waals surface area contributed by atoms with Crippen molar-refractivity contribution in [2.24, 2.45) is 20.5 Å². The van der Waals surface area contributed by atoms with Crippen LogP contribution < -0.4 is 4.90 Å². The number of benzene rings is 2. The van der Waals surface area contributed by atoms with Crippen LogP contribution in [0.25, 0.3) is 9.40 Å². The summed E-state index contributed by atoms with van der Waals surface area (Å²) in [6.45, 7) is 8.77. The van der Waals surface area contributed by atoms with Gasteiger partial charge in [-0.05, 0) is 80.9 Å². The number of azo groups is 2. The monoisotopic (exact) mass is 519 g/mol. The van der Waals surface area contributed by atoms with Gasteiger partial charge < -0.3 is 9.64 Å². The predicted molar refractivity (Wildman–Crippen MR) is 150 cm³/mol. The van der Waals surface area contributed by atoms with Crippen LogP contribution in [0.15, 0.2) is 81.1 Å². The van der Waals surface area contributed by atoms with E-state index in [0.717, 1.165) is 57.4 Å². The second-order valence-electron chi connectivity index (χ2n) is 8.02. The topological polar surface area (TPSA) is 79.0 Å². The van der Waals surface area contributed by atoms with E-state index in [4.69, 9.17) is 4.74 Å². The number of hydrogen-bond acceptors (Lipinski definition) is 9. The van der Waals surface area contributed by atoms with Gasteiger partial charge in [0, 0.05) is 28.2 Å². The Balaban J connectivity index is 1.34. The van der Waals surface area contributed by atoms with Crippen LogP contribution in [0.5, 0.6) is 0 Å². The van der Waals surface area contributed by atoms with Crippen molar-refractivity contribution in [2.75, 3.05) is 24.6 Å². The molecule has 0 N–H and O–H groups in total. The van der Waals surface area contributed by atoms with Crippen LogP contribution in [0.1, 0.15) is 43.3 Å². The SMILES string of the molecule is CCCCOC(=O)c1cc2sc(N=Nc3ccc(N=Nc4ccc(N(CC)CC)cc4)cc3)cc2s1. The van der Waals surface area contributed by atoms with E-state index in [9.17, 15) is 4.79 Å². The van der Waals surface area contributed by atoms with Crippen molar-refractivity contribution in [1.82, 2.24) is 0 Å². The minimum absolute atomic E-state index is 0.256. The largest absolute Gasteiger partial charge is 0.462 e. The Morgan fingerprint density at radius 1 is 0.778 bits per heavy atom. The van der Waals surface area contributed by atoms with Gasteiger partial charge in [0.15, 0.2) is 0 Å². The van der Waals surface area contributed by atoms with E-state index in [-0.39, 0.29) is 5.97 Å². The normalized spacial score (nSPS) is 11.6. The second-order valence-corrected chi connectivity index (χ2v) is 10.2. The third-order valence-electron chi connectivity index (χ3n) is 5.50. The van der Waals surface area contributed by atoms with E-state index in [1.165, 1.54) is 28.4 Å². The van der Waals surface area contributed by atoms with E-state index < -0.39 is 0 Å². The number of nitrogens with zero attached hydrogens (tertiary/aromatic N) is 5. The Morgan fingerprint density at radius 3 is 1.89 bits per heavy atom. The molecule has 0 spiro atoms. The summed E-state index contributed by atoms with van der Waals surface area (Å²) in [4.78, 5) is 15.0. The van der Waals surface area contributed by atoms with Gasteiger partial charge in [0.05, 0.1) is 23.7 Å². The zero-order valence-corrected chi connectivity index (χ0v) is 22.3. The third-order valence-corrected chi connectivity index (χ3v) is 7.66. The van der Waals surface area contributed by atoms with Crippen molar-refractivity contribution in [3.63, 3.8) is 0 Å². The van der Waals surface area contributed by atoms with Gasteiger partial charge >= 0.3 is 5.97 Å². The summed E-state index contributed by atoms with van der Waals surface area (Å²) >= 11 is 2.93. The van der Waals surface area contributed by atoms with Crippen molar-refractivity contribution >= 4 is 65.8 Å². The lowest BCUT2D eigenvalue weighted by atomic mass is 10.2. The first-order valence-corrected chi connectivity index (χ1v) is 13.7. The van der Waals surface area contributed by atoms with Crippen molar-refractivity contribution < 1.29 is 9.53 Å². The highest BCUT2D eigenvalue weighted by atomic mass is 32.1. The Bertz CT molecular complexity index is 1310. The molecular formula is C27H29N5O2S2. The molecule has 0 fully saturated rings. The molecule has 2 aromatic heterocycles. The lowest BCUT2D eigenvalue weighted by Crippen LogP contribution is -2.21. The van der Waals surface area contributed by atoms with Gasteiger partial charge in [-0.15, -0.1) is 32.9 Å². The molecule has 0 bridgehead atoms. The molecule has 4 aromatic rings. The number of rotatable bonds is 11. The smallest absolute Gasteiger partial charge is 0.348 e. The van der Waals surface area contributed by atoms with Crippen LogP contribution in [-0.2, 0) is 4.74 Å².